The summed E-state index contributed by atoms with van der Waals surface area (Å²) >= 11 is 2.55. The van der Waals surface area contributed by atoms with Crippen molar-refractivity contribution in [1.29, 1.82) is 0 Å². The summed E-state index contributed by atoms with van der Waals surface area (Å²) in [5, 5.41) is 4.57. The fraction of sp³-hybridized carbons (Fsp3) is 0.421. The quantitative estimate of drug-likeness (QED) is 0.160. The van der Waals surface area contributed by atoms with Crippen LogP contribution in [0.25, 0.3) is 0 Å². The molecule has 0 radical (unpaired) electrons. The average molecular weight is 688 g/mol. The van der Waals surface area contributed by atoms with Crippen molar-refractivity contribution < 1.29 is 57.7 Å². The van der Waals surface area contributed by atoms with Gasteiger partial charge in [0, 0.05) is 0 Å². The molecule has 3 aromatic carbocycles. The number of halogens is 3. The third kappa shape index (κ3) is 8.60. The molecule has 0 saturated carbocycles. The zero-order valence-electron chi connectivity index (χ0n) is 26.7. The SMILES string of the molecule is CCCCc1ccc([Si](c2ccc(CCCC)cc2)(c2ccc(CCCC)cc2)[C]2([Ti+3])C=CC=C2C(C)C)cc1.[Cl-].[Cl-].[Cl-]. The van der Waals surface area contributed by atoms with E-state index in [2.05, 4.69) is 146 Å². The van der Waals surface area contributed by atoms with Crippen molar-refractivity contribution in [2.24, 2.45) is 5.92 Å². The molecule has 0 bridgehead atoms. The van der Waals surface area contributed by atoms with Gasteiger partial charge in [0.15, 0.2) is 0 Å². The minimum absolute atomic E-state index is 0. The summed E-state index contributed by atoms with van der Waals surface area (Å²) in [5.41, 5.74) is 5.96. The van der Waals surface area contributed by atoms with Crippen molar-refractivity contribution in [2.75, 3.05) is 0 Å². The number of aryl methyl sites for hydroxylation is 3. The molecule has 1 atom stereocenters. The Kier molecular flexibility index (Phi) is 17.5. The normalized spacial score (nSPS) is 15.9. The maximum absolute atomic E-state index is 2.56. The van der Waals surface area contributed by atoms with Crippen molar-refractivity contribution in [3.05, 3.63) is 113 Å². The summed E-state index contributed by atoms with van der Waals surface area (Å²) in [6.45, 7) is 11.6. The summed E-state index contributed by atoms with van der Waals surface area (Å²) in [6.07, 6.45) is 18.3. The van der Waals surface area contributed by atoms with Crippen LogP contribution in [-0.4, -0.2) is 8.07 Å². The minimum atomic E-state index is -2.56. The van der Waals surface area contributed by atoms with Crippen LogP contribution in [0.1, 0.15) is 89.8 Å². The van der Waals surface area contributed by atoms with Gasteiger partial charge >= 0.3 is 259 Å². The van der Waals surface area contributed by atoms with E-state index in [1.165, 1.54) is 70.8 Å². The molecule has 5 heteroatoms. The third-order valence-corrected chi connectivity index (χ3v) is 16.6. The molecule has 0 saturated heterocycles. The van der Waals surface area contributed by atoms with Crippen molar-refractivity contribution in [2.45, 2.75) is 95.7 Å². The molecule has 1 aliphatic carbocycles. The molecule has 3 aromatic rings. The molecule has 0 spiro atoms. The van der Waals surface area contributed by atoms with E-state index in [0.29, 0.717) is 5.92 Å². The van der Waals surface area contributed by atoms with Gasteiger partial charge in [0.1, 0.15) is 0 Å². The van der Waals surface area contributed by atoms with Crippen molar-refractivity contribution >= 4 is 23.6 Å². The van der Waals surface area contributed by atoms with E-state index >= 15 is 0 Å². The molecular formula is C38H49Cl3SiTi. The first kappa shape index (κ1) is 40.0. The Hall–Kier alpha value is -1.06. The van der Waals surface area contributed by atoms with Gasteiger partial charge in [-0.1, -0.05) is 0 Å². The van der Waals surface area contributed by atoms with Crippen molar-refractivity contribution in [3.8, 4) is 0 Å². The molecule has 1 aliphatic rings. The first-order valence-electron chi connectivity index (χ1n) is 15.8. The maximum Gasteiger partial charge on any atom is -1.00 e. The second kappa shape index (κ2) is 18.8. The number of hydrogen-bond acceptors (Lipinski definition) is 0. The van der Waals surface area contributed by atoms with Gasteiger partial charge in [0.25, 0.3) is 0 Å². The molecule has 43 heavy (non-hydrogen) atoms. The van der Waals surface area contributed by atoms with Crippen LogP contribution in [0, 0.1) is 5.92 Å². The van der Waals surface area contributed by atoms with E-state index in [1.807, 2.05) is 0 Å². The molecule has 0 amide bonds. The summed E-state index contributed by atoms with van der Waals surface area (Å²) < 4.78 is -0.0536. The fourth-order valence-corrected chi connectivity index (χ4v) is 14.9. The van der Waals surface area contributed by atoms with E-state index in [-0.39, 0.29) is 40.6 Å². The minimum Gasteiger partial charge on any atom is -1.00 e. The van der Waals surface area contributed by atoms with Crippen LogP contribution in [-0.2, 0) is 39.7 Å². The number of rotatable bonds is 14. The van der Waals surface area contributed by atoms with Crippen molar-refractivity contribution in [1.82, 2.24) is 0 Å². The Morgan fingerprint density at radius 3 is 1.19 bits per heavy atom. The number of hydrogen-bond donors (Lipinski definition) is 0. The van der Waals surface area contributed by atoms with E-state index in [0.717, 1.165) is 19.3 Å². The van der Waals surface area contributed by atoms with Crippen LogP contribution in [0.5, 0.6) is 0 Å². The predicted molar refractivity (Wildman–Crippen MR) is 175 cm³/mol. The maximum atomic E-state index is 2.55. The number of allylic oxidation sites excluding steroid dienone is 4. The van der Waals surface area contributed by atoms with Crippen LogP contribution in [0.3, 0.4) is 0 Å². The molecule has 0 fully saturated rings. The van der Waals surface area contributed by atoms with E-state index in [1.54, 1.807) is 5.57 Å². The zero-order valence-corrected chi connectivity index (χ0v) is 31.6. The van der Waals surface area contributed by atoms with Gasteiger partial charge in [0.05, 0.1) is 0 Å². The Labute approximate surface area is 294 Å². The summed E-state index contributed by atoms with van der Waals surface area (Å²) in [7, 11) is -2.56. The number of benzene rings is 3. The molecule has 0 aromatic heterocycles. The third-order valence-electron chi connectivity index (χ3n) is 8.91. The molecule has 4 rings (SSSR count). The van der Waals surface area contributed by atoms with Gasteiger partial charge in [-0.25, -0.2) is 0 Å². The molecule has 230 valence electrons. The van der Waals surface area contributed by atoms with Crippen LogP contribution in [0.15, 0.2) is 96.6 Å². The second-order valence-corrected chi connectivity index (χ2v) is 18.1. The van der Waals surface area contributed by atoms with Gasteiger partial charge in [-0.05, 0) is 0 Å². The average Bonchev–Trinajstić information content (AvgIpc) is 3.39. The number of unbranched alkanes of at least 4 members (excludes halogenated alkanes) is 3. The summed E-state index contributed by atoms with van der Waals surface area (Å²) in [6, 6.07) is 29.6. The molecule has 0 N–H and O–H groups in total. The summed E-state index contributed by atoms with van der Waals surface area (Å²) in [5.74, 6) is 0.489. The first-order chi connectivity index (χ1) is 19.4. The molecule has 0 heterocycles. The van der Waals surface area contributed by atoms with Crippen molar-refractivity contribution in [3.63, 3.8) is 0 Å². The van der Waals surface area contributed by atoms with Gasteiger partial charge in [0.2, 0.25) is 0 Å². The summed E-state index contributed by atoms with van der Waals surface area (Å²) in [4.78, 5) is 0. The van der Waals surface area contributed by atoms with Crippen LogP contribution >= 0.6 is 0 Å². The molecule has 0 aliphatic heterocycles. The standard InChI is InChI=1S/C38H49Si.3ClH.Ti/c1-6-9-13-31-18-24-34(25-19-31)39(38-17-12-16-37(38)30(4)5,35-26-20-32(21-27-35)14-10-7-2)36-28-22-33(23-29-36)15-11-8-3;;;;/h12,16-30H,6-11,13-15H2,1-5H3;3*1H;/q;;;;+3/p-3. The fourth-order valence-electron chi connectivity index (χ4n) is 6.60. The Morgan fingerprint density at radius 1 is 0.581 bits per heavy atom. The monoisotopic (exact) mass is 686 g/mol. The predicted octanol–water partition coefficient (Wildman–Crippen LogP) is -0.406. The zero-order chi connectivity index (χ0) is 28.6. The van der Waals surface area contributed by atoms with Crippen LogP contribution < -0.4 is 52.8 Å². The second-order valence-electron chi connectivity index (χ2n) is 12.1. The van der Waals surface area contributed by atoms with Gasteiger partial charge in [-0.2, -0.15) is 0 Å². The largest absolute Gasteiger partial charge is 1.00 e. The molecular weight excluding hydrogens is 639 g/mol. The van der Waals surface area contributed by atoms with E-state index in [4.69, 9.17) is 0 Å². The Morgan fingerprint density at radius 2 is 0.907 bits per heavy atom. The smallest absolute Gasteiger partial charge is 1.00 e. The van der Waals surface area contributed by atoms with Crippen LogP contribution in [0.4, 0.5) is 0 Å². The first-order valence-corrected chi connectivity index (χ1v) is 18.6. The molecule has 0 nitrogen and oxygen atoms in total. The molecule has 1 unspecified atom stereocenters. The Bertz CT molecular complexity index is 1160. The Balaban J connectivity index is 0.00000308. The van der Waals surface area contributed by atoms with Crippen LogP contribution in [0.2, 0.25) is 3.34 Å². The van der Waals surface area contributed by atoms with E-state index in [9.17, 15) is 0 Å². The topological polar surface area (TPSA) is 0 Å². The van der Waals surface area contributed by atoms with Gasteiger partial charge < -0.3 is 37.2 Å². The van der Waals surface area contributed by atoms with Gasteiger partial charge in [-0.3, -0.25) is 0 Å². The van der Waals surface area contributed by atoms with Gasteiger partial charge in [-0.15, -0.1) is 0 Å². The van der Waals surface area contributed by atoms with E-state index < -0.39 is 8.07 Å².